The molecule has 0 bridgehead atoms. The van der Waals surface area contributed by atoms with Crippen molar-refractivity contribution in [2.45, 2.75) is 59.4 Å². The summed E-state index contributed by atoms with van der Waals surface area (Å²) in [6, 6.07) is 0. The quantitative estimate of drug-likeness (QED) is 0.686. The number of rotatable bonds is 5. The third kappa shape index (κ3) is 5.79. The van der Waals surface area contributed by atoms with Crippen LogP contribution in [0.2, 0.25) is 0 Å². The number of Topliss-reactive ketones (excluding diaryl/α,β-unsaturated/α-hetero) is 1. The van der Waals surface area contributed by atoms with Crippen molar-refractivity contribution in [3.05, 3.63) is 11.8 Å². The largest absolute Gasteiger partial charge is 0.386 e. The molecule has 0 heterocycles. The molecule has 0 atom stereocenters. The van der Waals surface area contributed by atoms with Crippen molar-refractivity contribution < 1.29 is 4.79 Å². The Kier molecular flexibility index (Phi) is 5.51. The molecule has 0 aliphatic heterocycles. The van der Waals surface area contributed by atoms with E-state index in [1.165, 1.54) is 0 Å². The number of carbonyl (C=O) groups is 1. The van der Waals surface area contributed by atoms with Gasteiger partial charge in [-0.15, -0.1) is 0 Å². The minimum atomic E-state index is 0.0346. The molecule has 0 aromatic rings. The van der Waals surface area contributed by atoms with Crippen molar-refractivity contribution in [3.63, 3.8) is 0 Å². The van der Waals surface area contributed by atoms with Crippen LogP contribution < -0.4 is 5.32 Å². The number of ketones is 1. The van der Waals surface area contributed by atoms with Crippen LogP contribution in [0.25, 0.3) is 0 Å². The van der Waals surface area contributed by atoms with E-state index in [4.69, 9.17) is 0 Å². The fraction of sp³-hybridized carbons (Fsp3) is 0.750. The molecule has 0 saturated heterocycles. The van der Waals surface area contributed by atoms with Gasteiger partial charge >= 0.3 is 0 Å². The van der Waals surface area contributed by atoms with Crippen LogP contribution in [0.15, 0.2) is 11.8 Å². The SMILES string of the molecule is CCCC(=O)/C(=C/NC(C)(C)C)CC. The molecule has 82 valence electrons. The second-order valence-electron chi connectivity index (χ2n) is 4.59. The van der Waals surface area contributed by atoms with E-state index in [1.807, 2.05) is 20.0 Å². The van der Waals surface area contributed by atoms with E-state index in [0.29, 0.717) is 6.42 Å². The summed E-state index contributed by atoms with van der Waals surface area (Å²) < 4.78 is 0. The molecule has 0 aliphatic rings. The number of hydrogen-bond donors (Lipinski definition) is 1. The van der Waals surface area contributed by atoms with Crippen molar-refractivity contribution >= 4 is 5.78 Å². The molecule has 0 fully saturated rings. The molecule has 0 rings (SSSR count). The molecule has 2 heteroatoms. The minimum absolute atomic E-state index is 0.0346. The molecule has 0 unspecified atom stereocenters. The van der Waals surface area contributed by atoms with Crippen LogP contribution in [0, 0.1) is 0 Å². The molecule has 0 spiro atoms. The summed E-state index contributed by atoms with van der Waals surface area (Å²) in [5.74, 6) is 0.270. The Hall–Kier alpha value is -0.790. The van der Waals surface area contributed by atoms with E-state index in [1.54, 1.807) is 0 Å². The van der Waals surface area contributed by atoms with Gasteiger partial charge in [0.2, 0.25) is 0 Å². The van der Waals surface area contributed by atoms with Crippen molar-refractivity contribution in [1.82, 2.24) is 5.32 Å². The highest BCUT2D eigenvalue weighted by atomic mass is 16.1. The summed E-state index contributed by atoms with van der Waals surface area (Å²) in [4.78, 5) is 11.6. The van der Waals surface area contributed by atoms with Crippen LogP contribution >= 0.6 is 0 Å². The van der Waals surface area contributed by atoms with Crippen LogP contribution in [0.1, 0.15) is 53.9 Å². The lowest BCUT2D eigenvalue weighted by Crippen LogP contribution is -2.31. The highest BCUT2D eigenvalue weighted by Crippen LogP contribution is 2.07. The summed E-state index contributed by atoms with van der Waals surface area (Å²) in [6.45, 7) is 10.3. The van der Waals surface area contributed by atoms with E-state index in [9.17, 15) is 4.79 Å². The van der Waals surface area contributed by atoms with Gasteiger partial charge in [0.25, 0.3) is 0 Å². The molecular weight excluding hydrogens is 174 g/mol. The number of carbonyl (C=O) groups excluding carboxylic acids is 1. The summed E-state index contributed by atoms with van der Waals surface area (Å²) >= 11 is 0. The maximum Gasteiger partial charge on any atom is 0.160 e. The third-order valence-electron chi connectivity index (χ3n) is 1.90. The van der Waals surface area contributed by atoms with E-state index < -0.39 is 0 Å². The Morgan fingerprint density at radius 3 is 2.21 bits per heavy atom. The lowest BCUT2D eigenvalue weighted by molar-refractivity contribution is -0.115. The fourth-order valence-electron chi connectivity index (χ4n) is 1.07. The summed E-state index contributed by atoms with van der Waals surface area (Å²) in [6.07, 6.45) is 4.26. The summed E-state index contributed by atoms with van der Waals surface area (Å²) in [7, 11) is 0. The Morgan fingerprint density at radius 1 is 1.29 bits per heavy atom. The van der Waals surface area contributed by atoms with Crippen molar-refractivity contribution in [1.29, 1.82) is 0 Å². The van der Waals surface area contributed by atoms with Crippen LogP contribution in [0.4, 0.5) is 0 Å². The van der Waals surface area contributed by atoms with Gasteiger partial charge in [-0.1, -0.05) is 13.8 Å². The van der Waals surface area contributed by atoms with E-state index >= 15 is 0 Å². The minimum Gasteiger partial charge on any atom is -0.386 e. The lowest BCUT2D eigenvalue weighted by Gasteiger charge is -2.19. The maximum atomic E-state index is 11.6. The Balaban J connectivity index is 4.32. The van der Waals surface area contributed by atoms with Gasteiger partial charge in [0.05, 0.1) is 0 Å². The zero-order chi connectivity index (χ0) is 11.2. The zero-order valence-electron chi connectivity index (χ0n) is 10.1. The molecule has 2 nitrogen and oxygen atoms in total. The predicted octanol–water partition coefficient (Wildman–Crippen LogP) is 3.04. The van der Waals surface area contributed by atoms with Crippen LogP contribution in [-0.2, 0) is 4.79 Å². The first-order valence-electron chi connectivity index (χ1n) is 5.40. The Labute approximate surface area is 87.8 Å². The van der Waals surface area contributed by atoms with Gasteiger partial charge < -0.3 is 5.32 Å². The monoisotopic (exact) mass is 197 g/mol. The second kappa shape index (κ2) is 5.84. The van der Waals surface area contributed by atoms with Crippen LogP contribution in [0.3, 0.4) is 0 Å². The van der Waals surface area contributed by atoms with Crippen molar-refractivity contribution in [2.75, 3.05) is 0 Å². The lowest BCUT2D eigenvalue weighted by atomic mass is 10.0. The van der Waals surface area contributed by atoms with Gasteiger partial charge in [0, 0.05) is 23.7 Å². The van der Waals surface area contributed by atoms with Gasteiger partial charge in [0.15, 0.2) is 5.78 Å². The first-order valence-corrected chi connectivity index (χ1v) is 5.40. The average molecular weight is 197 g/mol. The molecular formula is C12H23NO. The zero-order valence-corrected chi connectivity index (χ0v) is 10.1. The van der Waals surface area contributed by atoms with E-state index in [0.717, 1.165) is 18.4 Å². The normalized spacial score (nSPS) is 12.8. The number of hydrogen-bond acceptors (Lipinski definition) is 2. The van der Waals surface area contributed by atoms with Gasteiger partial charge in [-0.3, -0.25) is 4.79 Å². The van der Waals surface area contributed by atoms with Crippen molar-refractivity contribution in [3.8, 4) is 0 Å². The molecule has 1 N–H and O–H groups in total. The average Bonchev–Trinajstić information content (AvgIpc) is 2.03. The first-order chi connectivity index (χ1) is 6.40. The predicted molar refractivity (Wildman–Crippen MR) is 61.2 cm³/mol. The highest BCUT2D eigenvalue weighted by molar-refractivity contribution is 5.95. The van der Waals surface area contributed by atoms with E-state index in [2.05, 4.69) is 26.1 Å². The van der Waals surface area contributed by atoms with Gasteiger partial charge in [-0.2, -0.15) is 0 Å². The molecule has 0 aliphatic carbocycles. The number of allylic oxidation sites excluding steroid dienone is 1. The Bertz CT molecular complexity index is 211. The van der Waals surface area contributed by atoms with Gasteiger partial charge in [0.1, 0.15) is 0 Å². The fourth-order valence-corrected chi connectivity index (χ4v) is 1.07. The molecule has 0 radical (unpaired) electrons. The Morgan fingerprint density at radius 2 is 1.86 bits per heavy atom. The molecule has 0 amide bonds. The maximum absolute atomic E-state index is 11.6. The molecule has 0 aromatic carbocycles. The standard InChI is InChI=1S/C12H23NO/c1-6-8-11(14)10(7-2)9-13-12(3,4)5/h9,13H,6-8H2,1-5H3/b10-9+. The molecule has 0 saturated carbocycles. The van der Waals surface area contributed by atoms with Crippen LogP contribution in [0.5, 0.6) is 0 Å². The smallest absolute Gasteiger partial charge is 0.160 e. The van der Waals surface area contributed by atoms with Crippen molar-refractivity contribution in [2.24, 2.45) is 0 Å². The van der Waals surface area contributed by atoms with Crippen LogP contribution in [-0.4, -0.2) is 11.3 Å². The first kappa shape index (κ1) is 13.2. The topological polar surface area (TPSA) is 29.1 Å². The summed E-state index contributed by atoms with van der Waals surface area (Å²) in [5.41, 5.74) is 0.939. The summed E-state index contributed by atoms with van der Waals surface area (Å²) in [5, 5.41) is 3.23. The third-order valence-corrected chi connectivity index (χ3v) is 1.90. The van der Waals surface area contributed by atoms with E-state index in [-0.39, 0.29) is 11.3 Å². The molecule has 14 heavy (non-hydrogen) atoms. The van der Waals surface area contributed by atoms with Gasteiger partial charge in [-0.05, 0) is 33.6 Å². The number of nitrogens with one attached hydrogen (secondary N) is 1. The van der Waals surface area contributed by atoms with Gasteiger partial charge in [-0.25, -0.2) is 0 Å². The highest BCUT2D eigenvalue weighted by Gasteiger charge is 2.09. The molecule has 0 aromatic heterocycles. The second-order valence-corrected chi connectivity index (χ2v) is 4.59.